The number of imide groups is 1. The summed E-state index contributed by atoms with van der Waals surface area (Å²) in [5, 5.41) is 9.10. The second kappa shape index (κ2) is 5.12. The van der Waals surface area contributed by atoms with E-state index in [1.165, 1.54) is 0 Å². The summed E-state index contributed by atoms with van der Waals surface area (Å²) in [6.45, 7) is 5.03. The molecule has 1 aliphatic rings. The van der Waals surface area contributed by atoms with Gasteiger partial charge in [-0.05, 0) is 20.3 Å². The van der Waals surface area contributed by atoms with Crippen molar-refractivity contribution < 1.29 is 19.5 Å². The van der Waals surface area contributed by atoms with Crippen molar-refractivity contribution in [2.75, 3.05) is 0 Å². The van der Waals surface area contributed by atoms with Crippen LogP contribution in [0, 0.1) is 0 Å². The molecule has 5 nitrogen and oxygen atoms in total. The van der Waals surface area contributed by atoms with Crippen LogP contribution in [0.5, 0.6) is 0 Å². The number of carbonyl (C=O) groups is 3. The highest BCUT2D eigenvalue weighted by Crippen LogP contribution is 2.24. The lowest BCUT2D eigenvalue weighted by atomic mass is 10.1. The van der Waals surface area contributed by atoms with E-state index in [0.717, 1.165) is 11.3 Å². The zero-order chi connectivity index (χ0) is 13.2. The molecule has 0 saturated carbocycles. The number of hydrogen-bond acceptors (Lipinski definition) is 3. The molecule has 0 spiro atoms. The molecular formula is C12H17NO4. The van der Waals surface area contributed by atoms with Crippen molar-refractivity contribution in [3.8, 4) is 0 Å². The number of rotatable bonds is 5. The molecule has 1 aliphatic heterocycles. The summed E-state index contributed by atoms with van der Waals surface area (Å²) >= 11 is 0. The molecule has 0 radical (unpaired) electrons. The Morgan fingerprint density at radius 3 is 2.06 bits per heavy atom. The fraction of sp³-hybridized carbons (Fsp3) is 0.583. The van der Waals surface area contributed by atoms with Crippen LogP contribution in [0.2, 0.25) is 0 Å². The molecule has 1 N–H and O–H groups in total. The monoisotopic (exact) mass is 239 g/mol. The maximum Gasteiger partial charge on any atom is 0.326 e. The molecule has 94 valence electrons. The van der Waals surface area contributed by atoms with E-state index in [-0.39, 0.29) is 0 Å². The number of unbranched alkanes of at least 4 members (excludes halogenated alkanes) is 1. The van der Waals surface area contributed by atoms with E-state index in [4.69, 9.17) is 5.11 Å². The fourth-order valence-corrected chi connectivity index (χ4v) is 1.82. The Labute approximate surface area is 100 Å². The van der Waals surface area contributed by atoms with Crippen LogP contribution in [0.25, 0.3) is 0 Å². The average Bonchev–Trinajstić information content (AvgIpc) is 2.46. The molecule has 0 aromatic carbocycles. The number of amides is 2. The predicted molar refractivity (Wildman–Crippen MR) is 61.2 cm³/mol. The second-order valence-electron chi connectivity index (χ2n) is 4.23. The number of carbonyl (C=O) groups excluding carboxylic acids is 2. The lowest BCUT2D eigenvalue weighted by molar-refractivity contribution is -0.154. The van der Waals surface area contributed by atoms with Gasteiger partial charge in [0.15, 0.2) is 0 Å². The molecule has 1 heterocycles. The molecule has 1 unspecified atom stereocenters. The molecule has 0 fully saturated rings. The third kappa shape index (κ3) is 2.38. The van der Waals surface area contributed by atoms with Gasteiger partial charge in [-0.15, -0.1) is 0 Å². The van der Waals surface area contributed by atoms with Gasteiger partial charge in [0.2, 0.25) is 0 Å². The van der Waals surface area contributed by atoms with Crippen molar-refractivity contribution in [1.29, 1.82) is 0 Å². The molecule has 0 saturated heterocycles. The van der Waals surface area contributed by atoms with Gasteiger partial charge in [0.1, 0.15) is 6.04 Å². The van der Waals surface area contributed by atoms with E-state index in [1.807, 2.05) is 6.92 Å². The maximum atomic E-state index is 11.8. The molecule has 17 heavy (non-hydrogen) atoms. The number of carboxylic acid groups (broad SMARTS) is 1. The summed E-state index contributed by atoms with van der Waals surface area (Å²) in [7, 11) is 0. The van der Waals surface area contributed by atoms with Gasteiger partial charge in [-0.25, -0.2) is 4.79 Å². The Morgan fingerprint density at radius 2 is 1.71 bits per heavy atom. The number of nitrogens with zero attached hydrogens (tertiary/aromatic N) is 1. The molecule has 0 bridgehead atoms. The van der Waals surface area contributed by atoms with Crippen LogP contribution in [0.3, 0.4) is 0 Å². The average molecular weight is 239 g/mol. The first-order chi connectivity index (χ1) is 7.91. The molecule has 0 aromatic rings. The van der Waals surface area contributed by atoms with E-state index in [9.17, 15) is 14.4 Å². The summed E-state index contributed by atoms with van der Waals surface area (Å²) in [4.78, 5) is 35.6. The van der Waals surface area contributed by atoms with Gasteiger partial charge in [0.05, 0.1) is 0 Å². The molecule has 0 aromatic heterocycles. The predicted octanol–water partition coefficient (Wildman–Crippen LogP) is 1.33. The standard InChI is InChI=1S/C12H17NO4/c1-4-5-6-9(12(16)17)13-10(14)7(2)8(3)11(13)15/h9H,4-6H2,1-3H3,(H,16,17). The molecular weight excluding hydrogens is 222 g/mol. The highest BCUT2D eigenvalue weighted by atomic mass is 16.4. The Balaban J connectivity index is 2.95. The third-order valence-electron chi connectivity index (χ3n) is 3.07. The molecule has 1 atom stereocenters. The number of aliphatic carboxylic acids is 1. The molecule has 5 heteroatoms. The lowest BCUT2D eigenvalue weighted by Gasteiger charge is -2.22. The minimum Gasteiger partial charge on any atom is -0.480 e. The summed E-state index contributed by atoms with van der Waals surface area (Å²) in [6, 6.07) is -1.04. The maximum absolute atomic E-state index is 11.8. The van der Waals surface area contributed by atoms with Crippen molar-refractivity contribution in [1.82, 2.24) is 4.90 Å². The highest BCUT2D eigenvalue weighted by molar-refractivity contribution is 6.20. The number of hydrogen-bond donors (Lipinski definition) is 1. The summed E-state index contributed by atoms with van der Waals surface area (Å²) in [6.07, 6.45) is 1.81. The molecule has 2 amide bonds. The minimum atomic E-state index is -1.12. The van der Waals surface area contributed by atoms with Gasteiger partial charge >= 0.3 is 5.97 Å². The van der Waals surface area contributed by atoms with Gasteiger partial charge in [-0.1, -0.05) is 19.8 Å². The third-order valence-corrected chi connectivity index (χ3v) is 3.07. The van der Waals surface area contributed by atoms with Crippen LogP contribution in [0.1, 0.15) is 40.0 Å². The van der Waals surface area contributed by atoms with Gasteiger partial charge in [0.25, 0.3) is 11.8 Å². The van der Waals surface area contributed by atoms with Crippen LogP contribution in [-0.2, 0) is 14.4 Å². The zero-order valence-corrected chi connectivity index (χ0v) is 10.3. The van der Waals surface area contributed by atoms with Gasteiger partial charge < -0.3 is 5.11 Å². The van der Waals surface area contributed by atoms with Gasteiger partial charge in [0, 0.05) is 11.1 Å². The van der Waals surface area contributed by atoms with Crippen molar-refractivity contribution >= 4 is 17.8 Å². The van der Waals surface area contributed by atoms with Gasteiger partial charge in [-0.3, -0.25) is 14.5 Å². The fourth-order valence-electron chi connectivity index (χ4n) is 1.82. The Kier molecular flexibility index (Phi) is 4.04. The normalized spacial score (nSPS) is 17.9. The van der Waals surface area contributed by atoms with Crippen LogP contribution < -0.4 is 0 Å². The smallest absolute Gasteiger partial charge is 0.326 e. The molecule has 1 rings (SSSR count). The summed E-state index contributed by atoms with van der Waals surface area (Å²) in [5.41, 5.74) is 0.690. The first-order valence-electron chi connectivity index (χ1n) is 5.70. The van der Waals surface area contributed by atoms with E-state index >= 15 is 0 Å². The first kappa shape index (κ1) is 13.4. The Bertz CT molecular complexity index is 373. The van der Waals surface area contributed by atoms with E-state index < -0.39 is 23.8 Å². The summed E-state index contributed by atoms with van der Waals surface area (Å²) < 4.78 is 0. The highest BCUT2D eigenvalue weighted by Gasteiger charge is 2.40. The lowest BCUT2D eigenvalue weighted by Crippen LogP contribution is -2.45. The quantitative estimate of drug-likeness (QED) is 0.734. The number of carboxylic acids is 1. The van der Waals surface area contributed by atoms with Crippen LogP contribution in [-0.4, -0.2) is 33.8 Å². The van der Waals surface area contributed by atoms with Crippen LogP contribution in [0.4, 0.5) is 0 Å². The van der Waals surface area contributed by atoms with Crippen LogP contribution in [0.15, 0.2) is 11.1 Å². The van der Waals surface area contributed by atoms with Crippen molar-refractivity contribution in [2.24, 2.45) is 0 Å². The largest absolute Gasteiger partial charge is 0.480 e. The van der Waals surface area contributed by atoms with Crippen molar-refractivity contribution in [3.05, 3.63) is 11.1 Å². The Hall–Kier alpha value is -1.65. The molecule has 0 aliphatic carbocycles. The van der Waals surface area contributed by atoms with Crippen molar-refractivity contribution in [2.45, 2.75) is 46.1 Å². The van der Waals surface area contributed by atoms with E-state index in [1.54, 1.807) is 13.8 Å². The first-order valence-corrected chi connectivity index (χ1v) is 5.70. The minimum absolute atomic E-state index is 0.309. The summed E-state index contributed by atoms with van der Waals surface area (Å²) in [5.74, 6) is -2.07. The Morgan fingerprint density at radius 1 is 1.24 bits per heavy atom. The second-order valence-corrected chi connectivity index (χ2v) is 4.23. The zero-order valence-electron chi connectivity index (χ0n) is 10.3. The van der Waals surface area contributed by atoms with Crippen molar-refractivity contribution in [3.63, 3.8) is 0 Å². The van der Waals surface area contributed by atoms with E-state index in [0.29, 0.717) is 24.0 Å². The topological polar surface area (TPSA) is 74.7 Å². The van der Waals surface area contributed by atoms with Crippen LogP contribution >= 0.6 is 0 Å². The van der Waals surface area contributed by atoms with E-state index in [2.05, 4.69) is 0 Å². The SMILES string of the molecule is CCCCC(C(=O)O)N1C(=O)C(C)=C(C)C1=O. The van der Waals surface area contributed by atoms with Gasteiger partial charge in [-0.2, -0.15) is 0 Å².